The summed E-state index contributed by atoms with van der Waals surface area (Å²) in [6.45, 7) is 0.493. The number of nitrogens with one attached hydrogen (secondary N) is 1. The van der Waals surface area contributed by atoms with Gasteiger partial charge in [-0.1, -0.05) is 36.5 Å². The van der Waals surface area contributed by atoms with Gasteiger partial charge in [0.15, 0.2) is 0 Å². The average molecular weight is 288 g/mol. The van der Waals surface area contributed by atoms with Gasteiger partial charge in [-0.15, -0.1) is 0 Å². The normalized spacial score (nSPS) is 16.4. The summed E-state index contributed by atoms with van der Waals surface area (Å²) in [5, 5.41) is 3.26. The largest absolute Gasteiger partial charge is 0.491 e. The van der Waals surface area contributed by atoms with Crippen molar-refractivity contribution in [3.8, 4) is 5.75 Å². The van der Waals surface area contributed by atoms with Gasteiger partial charge >= 0.3 is 0 Å². The average Bonchev–Trinajstić information content (AvgIpc) is 2.82. The summed E-state index contributed by atoms with van der Waals surface area (Å²) < 4.78 is 19.4. The first-order valence-electron chi connectivity index (χ1n) is 6.23. The van der Waals surface area contributed by atoms with E-state index in [1.807, 2.05) is 24.3 Å². The minimum Gasteiger partial charge on any atom is -0.491 e. The molecule has 0 saturated heterocycles. The maximum atomic E-state index is 13.8. The van der Waals surface area contributed by atoms with Crippen molar-refractivity contribution < 1.29 is 9.13 Å². The van der Waals surface area contributed by atoms with Crippen LogP contribution >= 0.6 is 12.2 Å². The van der Waals surface area contributed by atoms with Gasteiger partial charge in [0.05, 0.1) is 11.6 Å². The molecule has 0 bridgehead atoms. The lowest BCUT2D eigenvalue weighted by atomic mass is 10.1. The summed E-state index contributed by atoms with van der Waals surface area (Å²) in [6.07, 6.45) is 0. The molecule has 0 radical (unpaired) electrons. The van der Waals surface area contributed by atoms with Crippen LogP contribution in [0.25, 0.3) is 0 Å². The molecule has 1 atom stereocenters. The fourth-order valence-corrected chi connectivity index (χ4v) is 2.57. The summed E-state index contributed by atoms with van der Waals surface area (Å²) in [5.41, 5.74) is 7.48. The Morgan fingerprint density at radius 1 is 1.25 bits per heavy atom. The number of fused-ring (bicyclic) bond motifs is 1. The van der Waals surface area contributed by atoms with E-state index < -0.39 is 5.82 Å². The monoisotopic (exact) mass is 288 g/mol. The quantitative estimate of drug-likeness (QED) is 0.852. The van der Waals surface area contributed by atoms with Crippen LogP contribution in [-0.2, 0) is 0 Å². The number of hydrogen-bond acceptors (Lipinski definition) is 3. The van der Waals surface area contributed by atoms with Crippen molar-refractivity contribution in [1.29, 1.82) is 0 Å². The fraction of sp³-hybridized carbons (Fsp3) is 0.133. The molecular weight excluding hydrogens is 275 g/mol. The van der Waals surface area contributed by atoms with Gasteiger partial charge in [0.1, 0.15) is 23.2 Å². The number of anilines is 1. The number of nitrogens with two attached hydrogens (primary N) is 1. The highest BCUT2D eigenvalue weighted by atomic mass is 32.1. The van der Waals surface area contributed by atoms with Crippen LogP contribution in [0.4, 0.5) is 10.1 Å². The van der Waals surface area contributed by atoms with Crippen LogP contribution < -0.4 is 15.8 Å². The zero-order valence-corrected chi connectivity index (χ0v) is 11.4. The van der Waals surface area contributed by atoms with Gasteiger partial charge in [0.2, 0.25) is 0 Å². The third kappa shape index (κ3) is 2.20. The van der Waals surface area contributed by atoms with E-state index in [9.17, 15) is 4.39 Å². The first-order valence-corrected chi connectivity index (χ1v) is 6.64. The van der Waals surface area contributed by atoms with Crippen LogP contribution in [0.15, 0.2) is 42.5 Å². The van der Waals surface area contributed by atoms with E-state index in [0.717, 1.165) is 11.3 Å². The molecule has 1 aliphatic heterocycles. The van der Waals surface area contributed by atoms with E-state index in [4.69, 9.17) is 22.7 Å². The first-order chi connectivity index (χ1) is 9.66. The second-order valence-electron chi connectivity index (χ2n) is 4.57. The molecule has 0 aromatic heterocycles. The van der Waals surface area contributed by atoms with Crippen LogP contribution in [0.5, 0.6) is 5.75 Å². The summed E-state index contributed by atoms with van der Waals surface area (Å²) in [6, 6.07) is 12.5. The Bertz CT molecular complexity index is 675. The molecular formula is C15H13FN2OS. The number of para-hydroxylation sites is 1. The third-order valence-electron chi connectivity index (χ3n) is 3.29. The Balaban J connectivity index is 1.94. The molecule has 1 heterocycles. The minimum atomic E-state index is -0.422. The molecule has 102 valence electrons. The molecule has 5 heteroatoms. The molecule has 2 aromatic rings. The predicted molar refractivity (Wildman–Crippen MR) is 80.6 cm³/mol. The molecule has 3 rings (SSSR count). The maximum Gasteiger partial charge on any atom is 0.135 e. The van der Waals surface area contributed by atoms with Crippen molar-refractivity contribution in [3.63, 3.8) is 0 Å². The SMILES string of the molecule is NC(=S)c1c(F)cccc1NC1COc2ccccc21. The number of ether oxygens (including phenoxy) is 1. The molecule has 3 N–H and O–H groups in total. The summed E-state index contributed by atoms with van der Waals surface area (Å²) >= 11 is 4.92. The molecule has 0 saturated carbocycles. The van der Waals surface area contributed by atoms with Gasteiger partial charge in [-0.3, -0.25) is 0 Å². The lowest BCUT2D eigenvalue weighted by molar-refractivity contribution is 0.340. The van der Waals surface area contributed by atoms with Crippen LogP contribution in [0.1, 0.15) is 17.2 Å². The predicted octanol–water partition coefficient (Wildman–Crippen LogP) is 3.01. The topological polar surface area (TPSA) is 47.3 Å². The molecule has 1 unspecified atom stereocenters. The van der Waals surface area contributed by atoms with E-state index in [0.29, 0.717) is 12.3 Å². The summed E-state index contributed by atoms with van der Waals surface area (Å²) in [5.74, 6) is 0.424. The van der Waals surface area contributed by atoms with Gasteiger partial charge in [-0.05, 0) is 18.2 Å². The lowest BCUT2D eigenvalue weighted by Crippen LogP contribution is -2.18. The zero-order chi connectivity index (χ0) is 14.1. The van der Waals surface area contributed by atoms with Gasteiger partial charge in [-0.25, -0.2) is 4.39 Å². The van der Waals surface area contributed by atoms with Crippen LogP contribution in [0.3, 0.4) is 0 Å². The Labute approximate surface area is 121 Å². The van der Waals surface area contributed by atoms with E-state index in [1.165, 1.54) is 6.07 Å². The molecule has 0 amide bonds. The number of rotatable bonds is 3. The molecule has 0 aliphatic carbocycles. The Morgan fingerprint density at radius 3 is 2.85 bits per heavy atom. The molecule has 0 spiro atoms. The minimum absolute atomic E-state index is 0.0396. The molecule has 3 nitrogen and oxygen atoms in total. The van der Waals surface area contributed by atoms with Crippen molar-refractivity contribution in [2.45, 2.75) is 6.04 Å². The summed E-state index contributed by atoms with van der Waals surface area (Å²) in [4.78, 5) is 0.0396. The van der Waals surface area contributed by atoms with Crippen molar-refractivity contribution in [1.82, 2.24) is 0 Å². The van der Waals surface area contributed by atoms with E-state index in [1.54, 1.807) is 12.1 Å². The Kier molecular flexibility index (Phi) is 3.28. The van der Waals surface area contributed by atoms with E-state index >= 15 is 0 Å². The maximum absolute atomic E-state index is 13.8. The lowest BCUT2D eigenvalue weighted by Gasteiger charge is -2.16. The van der Waals surface area contributed by atoms with Gasteiger partial charge < -0.3 is 15.8 Å². The van der Waals surface area contributed by atoms with Crippen molar-refractivity contribution in [2.24, 2.45) is 5.73 Å². The highest BCUT2D eigenvalue weighted by Crippen LogP contribution is 2.35. The smallest absolute Gasteiger partial charge is 0.135 e. The van der Waals surface area contributed by atoms with Crippen molar-refractivity contribution in [2.75, 3.05) is 11.9 Å². The van der Waals surface area contributed by atoms with Crippen LogP contribution in [0, 0.1) is 5.82 Å². The second kappa shape index (κ2) is 5.09. The standard InChI is InChI=1S/C15H13FN2OS/c16-10-5-3-6-11(14(10)15(17)20)18-12-8-19-13-7-2-1-4-9(12)13/h1-7,12,18H,8H2,(H2,17,20). The third-order valence-corrected chi connectivity index (χ3v) is 3.49. The van der Waals surface area contributed by atoms with Gasteiger partial charge in [0, 0.05) is 11.3 Å². The zero-order valence-electron chi connectivity index (χ0n) is 10.6. The van der Waals surface area contributed by atoms with Crippen molar-refractivity contribution >= 4 is 22.9 Å². The second-order valence-corrected chi connectivity index (χ2v) is 5.01. The van der Waals surface area contributed by atoms with Gasteiger partial charge in [-0.2, -0.15) is 0 Å². The number of halogens is 1. The number of thiocarbonyl (C=S) groups is 1. The van der Waals surface area contributed by atoms with Crippen LogP contribution in [0.2, 0.25) is 0 Å². The first kappa shape index (κ1) is 12.9. The number of hydrogen-bond donors (Lipinski definition) is 2. The molecule has 0 fully saturated rings. The number of benzene rings is 2. The highest BCUT2D eigenvalue weighted by molar-refractivity contribution is 7.80. The van der Waals surface area contributed by atoms with Crippen LogP contribution in [-0.4, -0.2) is 11.6 Å². The highest BCUT2D eigenvalue weighted by Gasteiger charge is 2.24. The van der Waals surface area contributed by atoms with Gasteiger partial charge in [0.25, 0.3) is 0 Å². The molecule has 1 aliphatic rings. The summed E-state index contributed by atoms with van der Waals surface area (Å²) in [7, 11) is 0. The Hall–Kier alpha value is -2.14. The Morgan fingerprint density at radius 2 is 2.05 bits per heavy atom. The van der Waals surface area contributed by atoms with E-state index in [2.05, 4.69) is 5.32 Å². The molecule has 2 aromatic carbocycles. The van der Waals surface area contributed by atoms with Crippen molar-refractivity contribution in [3.05, 3.63) is 59.4 Å². The molecule has 20 heavy (non-hydrogen) atoms. The van der Waals surface area contributed by atoms with E-state index in [-0.39, 0.29) is 16.6 Å². The fourth-order valence-electron chi connectivity index (χ4n) is 2.36.